The Morgan fingerprint density at radius 3 is 2.08 bits per heavy atom. The Balaban J connectivity index is 1.20. The molecule has 0 unspecified atom stereocenters. The third-order valence-corrected chi connectivity index (χ3v) is 6.29. The number of piperidine rings is 1. The molecule has 1 aliphatic heterocycles. The molecule has 0 saturated carbocycles. The highest BCUT2D eigenvalue weighted by Gasteiger charge is 2.17. The van der Waals surface area contributed by atoms with Gasteiger partial charge in [-0.05, 0) is 85.6 Å². The van der Waals surface area contributed by atoms with Gasteiger partial charge in [0.15, 0.2) is 0 Å². The number of nitrogens with zero attached hydrogens (tertiary/aromatic N) is 1. The van der Waals surface area contributed by atoms with Gasteiger partial charge in [-0.25, -0.2) is 8.78 Å². The number of nitrogens with one attached hydrogen (secondary N) is 4. The Morgan fingerprint density at radius 2 is 1.46 bits per heavy atom. The van der Waals surface area contributed by atoms with Crippen LogP contribution in [0.1, 0.15) is 23.3 Å². The Bertz CT molecular complexity index is 1370. The van der Waals surface area contributed by atoms with E-state index in [4.69, 9.17) is 0 Å². The lowest BCUT2D eigenvalue weighted by Gasteiger charge is -2.31. The van der Waals surface area contributed by atoms with E-state index in [1.807, 2.05) is 24.3 Å². The van der Waals surface area contributed by atoms with Gasteiger partial charge in [-0.3, -0.25) is 4.79 Å². The number of aliphatic hydroxyl groups is 1. The minimum Gasteiger partial charge on any atom is -0.393 e. The second-order valence-electron chi connectivity index (χ2n) is 8.94. The predicted molar refractivity (Wildman–Crippen MR) is 142 cm³/mol. The first-order chi connectivity index (χ1) is 17.9. The van der Waals surface area contributed by atoms with E-state index in [0.717, 1.165) is 37.3 Å². The lowest BCUT2D eigenvalue weighted by Crippen LogP contribution is -2.35. The van der Waals surface area contributed by atoms with Crippen molar-refractivity contribution in [2.24, 2.45) is 0 Å². The van der Waals surface area contributed by atoms with Crippen molar-refractivity contribution in [3.05, 3.63) is 96.3 Å². The number of aliphatic hydroxyl groups excluding tert-OH is 1. The molecule has 1 aliphatic rings. The molecule has 1 saturated heterocycles. The van der Waals surface area contributed by atoms with Gasteiger partial charge in [0.05, 0.1) is 17.5 Å². The van der Waals surface area contributed by atoms with E-state index in [1.165, 1.54) is 30.3 Å². The summed E-state index contributed by atoms with van der Waals surface area (Å²) in [5, 5.41) is 18.2. The molecule has 1 amide bonds. The summed E-state index contributed by atoms with van der Waals surface area (Å²) in [6, 6.07) is 19.9. The van der Waals surface area contributed by atoms with Crippen molar-refractivity contribution in [2.45, 2.75) is 18.9 Å². The number of rotatable bonds is 7. The molecule has 0 aliphatic carbocycles. The van der Waals surface area contributed by atoms with Crippen molar-refractivity contribution in [1.82, 2.24) is 4.98 Å². The summed E-state index contributed by atoms with van der Waals surface area (Å²) in [6.45, 7) is 1.64. The molecular weight excluding hydrogens is 476 g/mol. The monoisotopic (exact) mass is 503 g/mol. The number of amides is 1. The molecule has 1 aromatic heterocycles. The fraction of sp³-hybridized carbons (Fsp3) is 0.179. The van der Waals surface area contributed by atoms with Gasteiger partial charge in [0, 0.05) is 42.0 Å². The Kier molecular flexibility index (Phi) is 7.04. The van der Waals surface area contributed by atoms with Gasteiger partial charge in [-0.2, -0.15) is 0 Å². The van der Waals surface area contributed by atoms with Crippen molar-refractivity contribution in [2.75, 3.05) is 33.9 Å². The van der Waals surface area contributed by atoms with Crippen LogP contribution in [0.2, 0.25) is 0 Å². The van der Waals surface area contributed by atoms with Crippen LogP contribution >= 0.6 is 0 Å². The number of benzene rings is 3. The van der Waals surface area contributed by atoms with Crippen LogP contribution in [0.4, 0.5) is 42.9 Å². The maximum Gasteiger partial charge on any atom is 0.272 e. The first kappa shape index (κ1) is 24.3. The molecule has 37 heavy (non-hydrogen) atoms. The van der Waals surface area contributed by atoms with Crippen molar-refractivity contribution >= 4 is 40.0 Å². The molecule has 9 heteroatoms. The molecule has 5 N–H and O–H groups in total. The second kappa shape index (κ2) is 10.7. The quantitative estimate of drug-likeness (QED) is 0.214. The Labute approximate surface area is 213 Å². The smallest absolute Gasteiger partial charge is 0.272 e. The number of carbonyl (C=O) groups is 1. The average molecular weight is 504 g/mol. The molecule has 0 atom stereocenters. The molecule has 3 aromatic carbocycles. The van der Waals surface area contributed by atoms with E-state index >= 15 is 0 Å². The number of hydrogen-bond acceptors (Lipinski definition) is 5. The summed E-state index contributed by atoms with van der Waals surface area (Å²) < 4.78 is 29.4. The lowest BCUT2D eigenvalue weighted by atomic mass is 10.1. The van der Waals surface area contributed by atoms with Crippen molar-refractivity contribution < 1.29 is 18.7 Å². The van der Waals surface area contributed by atoms with Crippen molar-refractivity contribution in [3.63, 3.8) is 0 Å². The molecule has 4 aromatic rings. The van der Waals surface area contributed by atoms with E-state index in [-0.39, 0.29) is 29.1 Å². The van der Waals surface area contributed by atoms with Gasteiger partial charge in [-0.15, -0.1) is 0 Å². The zero-order valence-electron chi connectivity index (χ0n) is 20.0. The molecule has 0 spiro atoms. The maximum absolute atomic E-state index is 14.8. The number of hydrogen-bond donors (Lipinski definition) is 5. The van der Waals surface area contributed by atoms with Crippen LogP contribution in [-0.4, -0.2) is 35.2 Å². The second-order valence-corrected chi connectivity index (χ2v) is 8.94. The molecule has 0 bridgehead atoms. The first-order valence-corrected chi connectivity index (χ1v) is 12.1. The molecule has 7 nitrogen and oxygen atoms in total. The van der Waals surface area contributed by atoms with Gasteiger partial charge in [-0.1, -0.05) is 0 Å². The number of H-pyrrole nitrogens is 1. The Morgan fingerprint density at radius 1 is 0.838 bits per heavy atom. The van der Waals surface area contributed by atoms with Crippen LogP contribution in [0.25, 0.3) is 0 Å². The van der Waals surface area contributed by atoms with E-state index in [0.29, 0.717) is 11.4 Å². The van der Waals surface area contributed by atoms with Crippen LogP contribution in [0, 0.1) is 11.6 Å². The minimum atomic E-state index is -0.630. The van der Waals surface area contributed by atoms with Crippen molar-refractivity contribution in [3.8, 4) is 0 Å². The summed E-state index contributed by atoms with van der Waals surface area (Å²) in [5.74, 6) is -1.56. The zero-order valence-corrected chi connectivity index (χ0v) is 20.0. The van der Waals surface area contributed by atoms with E-state index < -0.39 is 11.6 Å². The highest BCUT2D eigenvalue weighted by Crippen LogP contribution is 2.29. The highest BCUT2D eigenvalue weighted by molar-refractivity contribution is 6.03. The Hall–Kier alpha value is -4.37. The van der Waals surface area contributed by atoms with Crippen LogP contribution in [0.15, 0.2) is 79.0 Å². The molecule has 0 radical (unpaired) electrons. The molecular formula is C28H27F2N5O2. The molecule has 190 valence electrons. The summed E-state index contributed by atoms with van der Waals surface area (Å²) in [6.07, 6.45) is 2.93. The SMILES string of the molecule is O=C(Nc1ccc(Nc2ccc(Nc3ccc(N4CCC(O)CC4)cc3)cc2F)c(F)c1)c1ccc[nH]1. The summed E-state index contributed by atoms with van der Waals surface area (Å²) >= 11 is 0. The number of aromatic amines is 1. The van der Waals surface area contributed by atoms with Gasteiger partial charge >= 0.3 is 0 Å². The number of aromatic nitrogens is 1. The highest BCUT2D eigenvalue weighted by atomic mass is 19.1. The van der Waals surface area contributed by atoms with Crippen LogP contribution < -0.4 is 20.9 Å². The summed E-state index contributed by atoms with van der Waals surface area (Å²) in [4.78, 5) is 17.1. The van der Waals surface area contributed by atoms with Gasteiger partial charge in [0.25, 0.3) is 5.91 Å². The molecule has 5 rings (SSSR count). The predicted octanol–water partition coefficient (Wildman–Crippen LogP) is 5.99. The standard InChI is InChI=1S/C28H27F2N5O2/c29-23-16-19(32-18-3-7-21(8-4-18)35-14-11-22(36)12-15-35)5-9-25(23)34-26-10-6-20(17-24(26)30)33-28(37)27-2-1-13-31-27/h1-10,13,16-17,22,31-32,34,36H,11-12,14-15H2,(H,33,37). The number of halogens is 2. The van der Waals surface area contributed by atoms with Crippen LogP contribution in [0.3, 0.4) is 0 Å². The third-order valence-electron chi connectivity index (χ3n) is 6.29. The summed E-state index contributed by atoms with van der Waals surface area (Å²) in [5.41, 5.74) is 3.29. The van der Waals surface area contributed by atoms with Crippen molar-refractivity contribution in [1.29, 1.82) is 0 Å². The first-order valence-electron chi connectivity index (χ1n) is 12.1. The third kappa shape index (κ3) is 5.90. The number of anilines is 6. The molecule has 2 heterocycles. The molecule has 1 fully saturated rings. The topological polar surface area (TPSA) is 92.4 Å². The van der Waals surface area contributed by atoms with Gasteiger partial charge in [0.1, 0.15) is 17.3 Å². The van der Waals surface area contributed by atoms with E-state index in [2.05, 4.69) is 25.8 Å². The average Bonchev–Trinajstić information content (AvgIpc) is 3.44. The zero-order chi connectivity index (χ0) is 25.8. The van der Waals surface area contributed by atoms with E-state index in [9.17, 15) is 18.7 Å². The van der Waals surface area contributed by atoms with Gasteiger partial charge < -0.3 is 30.9 Å². The fourth-order valence-corrected chi connectivity index (χ4v) is 4.25. The van der Waals surface area contributed by atoms with E-state index in [1.54, 1.807) is 24.4 Å². The lowest BCUT2D eigenvalue weighted by molar-refractivity contribution is 0.102. The largest absolute Gasteiger partial charge is 0.393 e. The normalized spacial score (nSPS) is 13.9. The minimum absolute atomic E-state index is 0.0818. The summed E-state index contributed by atoms with van der Waals surface area (Å²) in [7, 11) is 0. The maximum atomic E-state index is 14.8. The number of carbonyl (C=O) groups excluding carboxylic acids is 1. The van der Waals surface area contributed by atoms with Gasteiger partial charge in [0.2, 0.25) is 0 Å². The van der Waals surface area contributed by atoms with Crippen LogP contribution in [0.5, 0.6) is 0 Å². The van der Waals surface area contributed by atoms with Crippen LogP contribution in [-0.2, 0) is 0 Å². The fourth-order valence-electron chi connectivity index (χ4n) is 4.25.